The van der Waals surface area contributed by atoms with E-state index in [1.165, 1.54) is 6.92 Å². The first kappa shape index (κ1) is 9.00. The minimum atomic E-state index is -0.183. The first-order valence-corrected chi connectivity index (χ1v) is 4.82. The maximum atomic E-state index is 10.9. The molecule has 74 valence electrons. The van der Waals surface area contributed by atoms with Crippen LogP contribution in [0.15, 0.2) is 0 Å². The highest BCUT2D eigenvalue weighted by Gasteiger charge is 2.52. The second kappa shape index (κ2) is 2.71. The fourth-order valence-electron chi connectivity index (χ4n) is 2.15. The van der Waals surface area contributed by atoms with E-state index in [1.54, 1.807) is 0 Å². The van der Waals surface area contributed by atoms with E-state index in [1.807, 2.05) is 0 Å². The molecule has 1 aliphatic heterocycles. The number of carbonyl (C=O) groups is 1. The number of hydrogen-bond donors (Lipinski definition) is 0. The van der Waals surface area contributed by atoms with Gasteiger partial charge in [0.2, 0.25) is 0 Å². The van der Waals surface area contributed by atoms with Crippen LogP contribution in [0.5, 0.6) is 0 Å². The standard InChI is InChI=1S/C10H16O3/c1-6(11)12-9-4-7-8(13-7)5-10(9,2)3/h7-9H,4-5H2,1-3H3. The van der Waals surface area contributed by atoms with Crippen molar-refractivity contribution >= 4 is 5.97 Å². The van der Waals surface area contributed by atoms with Crippen LogP contribution in [0.1, 0.15) is 33.6 Å². The summed E-state index contributed by atoms with van der Waals surface area (Å²) in [7, 11) is 0. The fraction of sp³-hybridized carbons (Fsp3) is 0.900. The third kappa shape index (κ3) is 1.70. The van der Waals surface area contributed by atoms with Gasteiger partial charge in [-0.25, -0.2) is 0 Å². The van der Waals surface area contributed by atoms with Gasteiger partial charge in [0.15, 0.2) is 0 Å². The first-order valence-electron chi connectivity index (χ1n) is 4.82. The zero-order valence-electron chi connectivity index (χ0n) is 8.37. The van der Waals surface area contributed by atoms with Gasteiger partial charge in [0.1, 0.15) is 6.10 Å². The molecule has 2 aliphatic rings. The van der Waals surface area contributed by atoms with Gasteiger partial charge in [0.25, 0.3) is 0 Å². The molecule has 0 aromatic rings. The molecular weight excluding hydrogens is 168 g/mol. The summed E-state index contributed by atoms with van der Waals surface area (Å²) in [5.74, 6) is -0.183. The molecule has 0 aromatic heterocycles. The van der Waals surface area contributed by atoms with Crippen LogP contribution >= 0.6 is 0 Å². The van der Waals surface area contributed by atoms with E-state index in [9.17, 15) is 4.79 Å². The Bertz CT molecular complexity index is 234. The summed E-state index contributed by atoms with van der Waals surface area (Å²) in [6.07, 6.45) is 2.71. The van der Waals surface area contributed by atoms with Gasteiger partial charge in [-0.2, -0.15) is 0 Å². The zero-order valence-corrected chi connectivity index (χ0v) is 8.37. The molecule has 1 saturated heterocycles. The number of hydrogen-bond acceptors (Lipinski definition) is 3. The van der Waals surface area contributed by atoms with E-state index in [2.05, 4.69) is 13.8 Å². The summed E-state index contributed by atoms with van der Waals surface area (Å²) in [6.45, 7) is 5.74. The lowest BCUT2D eigenvalue weighted by Gasteiger charge is -2.35. The van der Waals surface area contributed by atoms with Crippen LogP contribution < -0.4 is 0 Å². The van der Waals surface area contributed by atoms with Crippen molar-refractivity contribution < 1.29 is 14.3 Å². The van der Waals surface area contributed by atoms with Crippen molar-refractivity contribution in [2.75, 3.05) is 0 Å². The predicted octanol–water partition coefficient (Wildman–Crippen LogP) is 1.51. The molecule has 13 heavy (non-hydrogen) atoms. The van der Waals surface area contributed by atoms with E-state index >= 15 is 0 Å². The van der Waals surface area contributed by atoms with Crippen molar-refractivity contribution in [1.29, 1.82) is 0 Å². The molecular formula is C10H16O3. The number of esters is 1. The minimum absolute atomic E-state index is 0.0359. The summed E-state index contributed by atoms with van der Waals surface area (Å²) >= 11 is 0. The highest BCUT2D eigenvalue weighted by molar-refractivity contribution is 5.66. The quantitative estimate of drug-likeness (QED) is 0.458. The summed E-state index contributed by atoms with van der Waals surface area (Å²) < 4.78 is 10.7. The predicted molar refractivity (Wildman–Crippen MR) is 47.2 cm³/mol. The lowest BCUT2D eigenvalue weighted by atomic mass is 9.75. The lowest BCUT2D eigenvalue weighted by molar-refractivity contribution is -0.154. The molecule has 3 heteroatoms. The molecule has 0 radical (unpaired) electrons. The Morgan fingerprint density at radius 2 is 2.15 bits per heavy atom. The number of ether oxygens (including phenoxy) is 2. The Balaban J connectivity index is 2.02. The van der Waals surface area contributed by atoms with E-state index in [0.717, 1.165) is 12.8 Å². The normalized spacial score (nSPS) is 40.7. The van der Waals surface area contributed by atoms with E-state index < -0.39 is 0 Å². The molecule has 3 unspecified atom stereocenters. The van der Waals surface area contributed by atoms with Crippen molar-refractivity contribution in [3.8, 4) is 0 Å². The van der Waals surface area contributed by atoms with Crippen LogP contribution in [0, 0.1) is 5.41 Å². The average Bonchev–Trinajstić information content (AvgIpc) is 2.63. The van der Waals surface area contributed by atoms with Crippen LogP contribution in [0.25, 0.3) is 0 Å². The molecule has 1 aliphatic carbocycles. The molecule has 0 amide bonds. The first-order chi connectivity index (χ1) is 5.99. The number of epoxide rings is 1. The second-order valence-corrected chi connectivity index (χ2v) is 4.74. The van der Waals surface area contributed by atoms with Gasteiger partial charge in [0.05, 0.1) is 12.2 Å². The highest BCUT2D eigenvalue weighted by atomic mass is 16.6. The molecule has 1 heterocycles. The van der Waals surface area contributed by atoms with Crippen molar-refractivity contribution in [2.24, 2.45) is 5.41 Å². The van der Waals surface area contributed by atoms with Crippen molar-refractivity contribution in [2.45, 2.75) is 51.9 Å². The molecule has 3 atom stereocenters. The Labute approximate surface area is 78.4 Å². The van der Waals surface area contributed by atoms with Gasteiger partial charge >= 0.3 is 5.97 Å². The SMILES string of the molecule is CC(=O)OC1CC2OC2CC1(C)C. The Kier molecular flexibility index (Phi) is 1.88. The van der Waals surface area contributed by atoms with Crippen molar-refractivity contribution in [3.63, 3.8) is 0 Å². The average molecular weight is 184 g/mol. The monoisotopic (exact) mass is 184 g/mol. The van der Waals surface area contributed by atoms with Gasteiger partial charge in [-0.15, -0.1) is 0 Å². The fourth-order valence-corrected chi connectivity index (χ4v) is 2.15. The molecule has 0 spiro atoms. The van der Waals surface area contributed by atoms with Crippen LogP contribution in [-0.4, -0.2) is 24.3 Å². The maximum Gasteiger partial charge on any atom is 0.302 e. The molecule has 0 aromatic carbocycles. The van der Waals surface area contributed by atoms with Crippen molar-refractivity contribution in [1.82, 2.24) is 0 Å². The minimum Gasteiger partial charge on any atom is -0.462 e. The molecule has 0 N–H and O–H groups in total. The van der Waals surface area contributed by atoms with Crippen LogP contribution in [0.2, 0.25) is 0 Å². The van der Waals surface area contributed by atoms with Crippen molar-refractivity contribution in [3.05, 3.63) is 0 Å². The Hall–Kier alpha value is -0.570. The molecule has 0 bridgehead atoms. The summed E-state index contributed by atoms with van der Waals surface area (Å²) in [6, 6.07) is 0. The smallest absolute Gasteiger partial charge is 0.302 e. The van der Waals surface area contributed by atoms with Crippen LogP contribution in [0.4, 0.5) is 0 Å². The highest BCUT2D eigenvalue weighted by Crippen LogP contribution is 2.47. The maximum absolute atomic E-state index is 10.9. The lowest BCUT2D eigenvalue weighted by Crippen LogP contribution is -2.39. The Morgan fingerprint density at radius 3 is 2.77 bits per heavy atom. The van der Waals surface area contributed by atoms with E-state index in [4.69, 9.17) is 9.47 Å². The summed E-state index contributed by atoms with van der Waals surface area (Å²) in [5.41, 5.74) is 0.0728. The van der Waals surface area contributed by atoms with E-state index in [-0.39, 0.29) is 17.5 Å². The number of rotatable bonds is 1. The number of carbonyl (C=O) groups excluding carboxylic acids is 1. The van der Waals surface area contributed by atoms with Crippen LogP contribution in [0.3, 0.4) is 0 Å². The number of fused-ring (bicyclic) bond motifs is 1. The molecule has 3 nitrogen and oxygen atoms in total. The molecule has 2 fully saturated rings. The topological polar surface area (TPSA) is 38.8 Å². The van der Waals surface area contributed by atoms with Gasteiger partial charge in [-0.05, 0) is 6.42 Å². The zero-order chi connectivity index (χ0) is 9.64. The van der Waals surface area contributed by atoms with Crippen LogP contribution in [-0.2, 0) is 14.3 Å². The third-order valence-corrected chi connectivity index (χ3v) is 3.04. The van der Waals surface area contributed by atoms with Gasteiger partial charge in [0, 0.05) is 18.8 Å². The Morgan fingerprint density at radius 1 is 1.46 bits per heavy atom. The third-order valence-electron chi connectivity index (χ3n) is 3.04. The van der Waals surface area contributed by atoms with E-state index in [0.29, 0.717) is 12.2 Å². The van der Waals surface area contributed by atoms with Gasteiger partial charge in [-0.3, -0.25) is 4.79 Å². The summed E-state index contributed by atoms with van der Waals surface area (Å²) in [4.78, 5) is 10.9. The van der Waals surface area contributed by atoms with Gasteiger partial charge in [-0.1, -0.05) is 13.8 Å². The molecule has 2 rings (SSSR count). The van der Waals surface area contributed by atoms with Gasteiger partial charge < -0.3 is 9.47 Å². The largest absolute Gasteiger partial charge is 0.462 e. The second-order valence-electron chi connectivity index (χ2n) is 4.74. The molecule has 1 saturated carbocycles. The summed E-state index contributed by atoms with van der Waals surface area (Å²) in [5, 5.41) is 0.